The Balaban J connectivity index is 2.63. The predicted octanol–water partition coefficient (Wildman–Crippen LogP) is 2.59. The zero-order chi connectivity index (χ0) is 4.99. The summed E-state index contributed by atoms with van der Waals surface area (Å²) in [5.74, 6) is 0.796. The molecule has 0 aliphatic rings. The highest BCUT2D eigenvalue weighted by Gasteiger charge is 1.87. The molecular formula is C5H10Br. The third-order valence-electron chi connectivity index (χ3n) is 0.560. The Morgan fingerprint density at radius 2 is 2.17 bits per heavy atom. The van der Waals surface area contributed by atoms with E-state index in [0.717, 1.165) is 5.92 Å². The van der Waals surface area contributed by atoms with Gasteiger partial charge in [0.25, 0.3) is 0 Å². The minimum Gasteiger partial charge on any atom is -0.0878 e. The van der Waals surface area contributed by atoms with Crippen molar-refractivity contribution >= 4 is 15.9 Å². The molecule has 6 heavy (non-hydrogen) atoms. The van der Waals surface area contributed by atoms with Crippen LogP contribution in [0, 0.1) is 11.2 Å². The van der Waals surface area contributed by atoms with E-state index in [1.165, 1.54) is 6.42 Å². The Labute approximate surface area is 48.1 Å². The van der Waals surface area contributed by atoms with Crippen molar-refractivity contribution in [2.45, 2.75) is 20.3 Å². The van der Waals surface area contributed by atoms with E-state index in [4.69, 9.17) is 0 Å². The van der Waals surface area contributed by atoms with E-state index in [-0.39, 0.29) is 0 Å². The molecule has 0 aliphatic carbocycles. The van der Waals surface area contributed by atoms with E-state index in [0.29, 0.717) is 0 Å². The summed E-state index contributed by atoms with van der Waals surface area (Å²) in [5.41, 5.74) is 0. The van der Waals surface area contributed by atoms with Crippen molar-refractivity contribution < 1.29 is 0 Å². The molecule has 0 bridgehead atoms. The van der Waals surface area contributed by atoms with E-state index < -0.39 is 0 Å². The first-order valence-electron chi connectivity index (χ1n) is 2.19. The zero-order valence-corrected chi connectivity index (χ0v) is 5.83. The summed E-state index contributed by atoms with van der Waals surface area (Å²) in [5, 5.41) is 2.01. The monoisotopic (exact) mass is 149 g/mol. The lowest BCUT2D eigenvalue weighted by molar-refractivity contribution is 0.657. The van der Waals surface area contributed by atoms with Crippen LogP contribution in [0.15, 0.2) is 0 Å². The van der Waals surface area contributed by atoms with Crippen LogP contribution in [-0.4, -0.2) is 0 Å². The molecule has 0 N–H and O–H groups in total. The van der Waals surface area contributed by atoms with Crippen LogP contribution in [0.5, 0.6) is 0 Å². The Morgan fingerprint density at radius 3 is 2.17 bits per heavy atom. The molecule has 0 unspecified atom stereocenters. The van der Waals surface area contributed by atoms with Crippen molar-refractivity contribution in [3.05, 3.63) is 5.33 Å². The quantitative estimate of drug-likeness (QED) is 0.567. The van der Waals surface area contributed by atoms with Crippen LogP contribution in [0.1, 0.15) is 20.3 Å². The average molecular weight is 150 g/mol. The molecule has 0 atom stereocenters. The first-order chi connectivity index (χ1) is 2.77. The van der Waals surface area contributed by atoms with Crippen LogP contribution in [0.4, 0.5) is 0 Å². The van der Waals surface area contributed by atoms with Crippen molar-refractivity contribution in [1.82, 2.24) is 0 Å². The van der Waals surface area contributed by atoms with Crippen molar-refractivity contribution in [1.29, 1.82) is 0 Å². The van der Waals surface area contributed by atoms with Gasteiger partial charge in [-0.25, -0.2) is 0 Å². The number of hydrogen-bond acceptors (Lipinski definition) is 0. The first-order valence-corrected chi connectivity index (χ1v) is 3.11. The smallest absolute Gasteiger partial charge is 0.0273 e. The van der Waals surface area contributed by atoms with Gasteiger partial charge in [-0.05, 0) is 12.3 Å². The summed E-state index contributed by atoms with van der Waals surface area (Å²) in [6.45, 7) is 4.38. The molecule has 0 saturated heterocycles. The van der Waals surface area contributed by atoms with Gasteiger partial charge >= 0.3 is 0 Å². The maximum absolute atomic E-state index is 3.22. The molecule has 0 aromatic heterocycles. The van der Waals surface area contributed by atoms with E-state index in [9.17, 15) is 0 Å². The summed E-state index contributed by atoms with van der Waals surface area (Å²) < 4.78 is 0. The summed E-state index contributed by atoms with van der Waals surface area (Å²) >= 11 is 3.22. The second-order valence-corrected chi connectivity index (χ2v) is 2.43. The highest BCUT2D eigenvalue weighted by molar-refractivity contribution is 9.10. The highest BCUT2D eigenvalue weighted by Crippen LogP contribution is 2.05. The molecule has 0 nitrogen and oxygen atoms in total. The molecule has 0 rings (SSSR count). The van der Waals surface area contributed by atoms with Gasteiger partial charge in [0, 0.05) is 5.33 Å². The molecule has 0 fully saturated rings. The average Bonchev–Trinajstić information content (AvgIpc) is 1.35. The fraction of sp³-hybridized carbons (Fsp3) is 0.800. The van der Waals surface area contributed by atoms with Gasteiger partial charge in [-0.3, -0.25) is 0 Å². The van der Waals surface area contributed by atoms with Gasteiger partial charge < -0.3 is 0 Å². The summed E-state index contributed by atoms with van der Waals surface area (Å²) in [4.78, 5) is 0. The Hall–Kier alpha value is 0.480. The van der Waals surface area contributed by atoms with Gasteiger partial charge in [0.05, 0.1) is 0 Å². The van der Waals surface area contributed by atoms with Crippen molar-refractivity contribution in [3.8, 4) is 0 Å². The van der Waals surface area contributed by atoms with E-state index in [1.807, 2.05) is 5.33 Å². The van der Waals surface area contributed by atoms with Crippen LogP contribution in [0.25, 0.3) is 0 Å². The van der Waals surface area contributed by atoms with Gasteiger partial charge in [0.2, 0.25) is 0 Å². The van der Waals surface area contributed by atoms with Gasteiger partial charge in [-0.2, -0.15) is 0 Å². The molecule has 0 aliphatic heterocycles. The SMILES string of the molecule is CC(C)C[CH]Br. The highest BCUT2D eigenvalue weighted by atomic mass is 79.9. The van der Waals surface area contributed by atoms with E-state index >= 15 is 0 Å². The standard InChI is InChI=1S/C5H10Br/c1-5(2)3-4-6/h4-5H,3H2,1-2H3. The third-order valence-corrected chi connectivity index (χ3v) is 0.934. The van der Waals surface area contributed by atoms with Crippen LogP contribution >= 0.6 is 15.9 Å². The first kappa shape index (κ1) is 6.48. The molecule has 1 radical (unpaired) electrons. The maximum Gasteiger partial charge on any atom is 0.0273 e. The molecule has 0 aromatic rings. The minimum atomic E-state index is 0.796. The van der Waals surface area contributed by atoms with Crippen molar-refractivity contribution in [2.75, 3.05) is 0 Å². The fourth-order valence-electron chi connectivity index (χ4n) is 0.178. The molecule has 0 aromatic carbocycles. The molecule has 0 spiro atoms. The second kappa shape index (κ2) is 3.66. The molecule has 0 heterocycles. The number of hydrogen-bond donors (Lipinski definition) is 0. The van der Waals surface area contributed by atoms with Crippen LogP contribution in [0.2, 0.25) is 0 Å². The molecule has 37 valence electrons. The topological polar surface area (TPSA) is 0 Å². The van der Waals surface area contributed by atoms with Gasteiger partial charge in [-0.1, -0.05) is 29.8 Å². The van der Waals surface area contributed by atoms with Gasteiger partial charge in [0.15, 0.2) is 0 Å². The van der Waals surface area contributed by atoms with E-state index in [1.54, 1.807) is 0 Å². The lowest BCUT2D eigenvalue weighted by Gasteiger charge is -1.94. The summed E-state index contributed by atoms with van der Waals surface area (Å²) in [7, 11) is 0. The normalized spacial score (nSPS) is 10.0. The minimum absolute atomic E-state index is 0.796. The van der Waals surface area contributed by atoms with Crippen LogP contribution in [-0.2, 0) is 0 Å². The summed E-state index contributed by atoms with van der Waals surface area (Å²) in [6, 6.07) is 0. The predicted molar refractivity (Wildman–Crippen MR) is 32.7 cm³/mol. The van der Waals surface area contributed by atoms with Crippen molar-refractivity contribution in [2.24, 2.45) is 5.92 Å². The largest absolute Gasteiger partial charge is 0.0878 e. The third kappa shape index (κ3) is 4.48. The second-order valence-electron chi connectivity index (χ2n) is 1.78. The maximum atomic E-state index is 3.22. The van der Waals surface area contributed by atoms with Crippen LogP contribution < -0.4 is 0 Å². The molecular weight excluding hydrogens is 140 g/mol. The zero-order valence-electron chi connectivity index (χ0n) is 4.24. The van der Waals surface area contributed by atoms with Crippen LogP contribution in [0.3, 0.4) is 0 Å². The van der Waals surface area contributed by atoms with Gasteiger partial charge in [0.1, 0.15) is 0 Å². The van der Waals surface area contributed by atoms with E-state index in [2.05, 4.69) is 29.8 Å². The lowest BCUT2D eigenvalue weighted by atomic mass is 10.2. The molecule has 1 heteroatoms. The fourth-order valence-corrected chi connectivity index (χ4v) is 0.926. The Bertz CT molecular complexity index is 25.1. The molecule has 0 saturated carbocycles. The van der Waals surface area contributed by atoms with Crippen molar-refractivity contribution in [3.63, 3.8) is 0 Å². The number of rotatable bonds is 2. The van der Waals surface area contributed by atoms with Gasteiger partial charge in [-0.15, -0.1) is 0 Å². The molecule has 0 amide bonds. The number of halogens is 1. The summed E-state index contributed by atoms with van der Waals surface area (Å²) in [6.07, 6.45) is 1.17. The lowest BCUT2D eigenvalue weighted by Crippen LogP contribution is -1.80. The Morgan fingerprint density at radius 1 is 1.67 bits per heavy atom. The Kier molecular flexibility index (Phi) is 3.96.